The number of hydrogen-bond acceptors (Lipinski definition) is 4. The van der Waals surface area contributed by atoms with E-state index in [1.54, 1.807) is 0 Å². The largest absolute Gasteiger partial charge is 0.353 e. The van der Waals surface area contributed by atoms with Gasteiger partial charge in [-0.25, -0.2) is 9.97 Å². The fourth-order valence-corrected chi connectivity index (χ4v) is 3.13. The van der Waals surface area contributed by atoms with Crippen LogP contribution in [0, 0.1) is 0 Å². The molecule has 0 radical (unpaired) electrons. The molecule has 1 saturated heterocycles. The van der Waals surface area contributed by atoms with E-state index in [1.165, 1.54) is 5.39 Å². The number of nitrogens with zero attached hydrogens (tertiary/aromatic N) is 3. The quantitative estimate of drug-likeness (QED) is 0.780. The first-order chi connectivity index (χ1) is 11.3. The Morgan fingerprint density at radius 2 is 2.00 bits per heavy atom. The average Bonchev–Trinajstić information content (AvgIpc) is 3.01. The summed E-state index contributed by atoms with van der Waals surface area (Å²) in [6.45, 7) is 2.25. The second-order valence-electron chi connectivity index (χ2n) is 6.26. The second kappa shape index (κ2) is 6.01. The molecule has 3 heterocycles. The van der Waals surface area contributed by atoms with E-state index in [9.17, 15) is 0 Å². The molecule has 4 rings (SSSR count). The summed E-state index contributed by atoms with van der Waals surface area (Å²) in [7, 11) is 2.17. The van der Waals surface area contributed by atoms with Crippen LogP contribution in [-0.4, -0.2) is 46.0 Å². The van der Waals surface area contributed by atoms with Crippen LogP contribution < -0.4 is 5.32 Å². The maximum Gasteiger partial charge on any atom is 0.223 e. The minimum Gasteiger partial charge on any atom is -0.353 e. The molecule has 0 spiro atoms. The highest BCUT2D eigenvalue weighted by molar-refractivity contribution is 5.85. The molecule has 0 aliphatic carbocycles. The van der Waals surface area contributed by atoms with Gasteiger partial charge in [0.2, 0.25) is 5.95 Å². The maximum absolute atomic E-state index is 4.68. The minimum absolute atomic E-state index is 0.462. The van der Waals surface area contributed by atoms with E-state index in [4.69, 9.17) is 0 Å². The van der Waals surface area contributed by atoms with Crippen molar-refractivity contribution in [3.63, 3.8) is 0 Å². The zero-order valence-electron chi connectivity index (χ0n) is 13.3. The third-order valence-corrected chi connectivity index (χ3v) is 4.51. The van der Waals surface area contributed by atoms with Crippen molar-refractivity contribution in [3.8, 4) is 11.4 Å². The van der Waals surface area contributed by atoms with E-state index in [0.717, 1.165) is 48.8 Å². The number of aromatic nitrogens is 3. The minimum atomic E-state index is 0.462. The van der Waals surface area contributed by atoms with Crippen LogP contribution in [0.25, 0.3) is 22.3 Å². The van der Waals surface area contributed by atoms with Gasteiger partial charge in [-0.15, -0.1) is 0 Å². The Labute approximate surface area is 135 Å². The molecular formula is C18H21N5. The lowest BCUT2D eigenvalue weighted by Crippen LogP contribution is -2.37. The van der Waals surface area contributed by atoms with Crippen LogP contribution >= 0.6 is 0 Å². The number of fused-ring (bicyclic) bond motifs is 1. The monoisotopic (exact) mass is 307 g/mol. The van der Waals surface area contributed by atoms with E-state index in [2.05, 4.69) is 50.4 Å². The van der Waals surface area contributed by atoms with Crippen LogP contribution in [-0.2, 0) is 0 Å². The number of H-pyrrole nitrogens is 1. The van der Waals surface area contributed by atoms with Crippen LogP contribution in [0.5, 0.6) is 0 Å². The van der Waals surface area contributed by atoms with Crippen molar-refractivity contribution in [1.29, 1.82) is 0 Å². The third kappa shape index (κ3) is 3.05. The predicted molar refractivity (Wildman–Crippen MR) is 93.5 cm³/mol. The van der Waals surface area contributed by atoms with Crippen molar-refractivity contribution in [3.05, 3.63) is 42.6 Å². The van der Waals surface area contributed by atoms with Crippen LogP contribution in [0.2, 0.25) is 0 Å². The molecule has 0 atom stereocenters. The molecule has 0 bridgehead atoms. The molecule has 1 fully saturated rings. The number of likely N-dealkylation sites (tertiary alicyclic amines) is 1. The lowest BCUT2D eigenvalue weighted by Gasteiger charge is -2.29. The first-order valence-electron chi connectivity index (χ1n) is 8.14. The fraction of sp³-hybridized carbons (Fsp3) is 0.333. The average molecular weight is 307 g/mol. The van der Waals surface area contributed by atoms with E-state index in [1.807, 2.05) is 24.4 Å². The molecule has 2 N–H and O–H groups in total. The standard InChI is InChI=1S/C18H21N5/c1-23-10-7-14(8-11-23)20-18-19-9-6-16(22-18)17-12-13-4-2-3-5-15(13)21-17/h2-6,9,12,14,21H,7-8,10-11H2,1H3,(H,19,20,22). The third-order valence-electron chi connectivity index (χ3n) is 4.51. The fourth-order valence-electron chi connectivity index (χ4n) is 3.13. The Kier molecular flexibility index (Phi) is 3.71. The van der Waals surface area contributed by atoms with Crippen LogP contribution in [0.4, 0.5) is 5.95 Å². The Bertz CT molecular complexity index is 769. The molecule has 5 nitrogen and oxygen atoms in total. The molecule has 23 heavy (non-hydrogen) atoms. The highest BCUT2D eigenvalue weighted by Crippen LogP contribution is 2.23. The van der Waals surface area contributed by atoms with Crippen molar-refractivity contribution in [2.24, 2.45) is 0 Å². The summed E-state index contributed by atoms with van der Waals surface area (Å²) in [4.78, 5) is 14.9. The molecule has 118 valence electrons. The number of anilines is 1. The van der Waals surface area contributed by atoms with Gasteiger partial charge in [-0.2, -0.15) is 0 Å². The van der Waals surface area contributed by atoms with Gasteiger partial charge >= 0.3 is 0 Å². The van der Waals surface area contributed by atoms with Gasteiger partial charge in [0.05, 0.1) is 11.4 Å². The van der Waals surface area contributed by atoms with Gasteiger partial charge in [-0.1, -0.05) is 18.2 Å². The van der Waals surface area contributed by atoms with Crippen molar-refractivity contribution < 1.29 is 0 Å². The Hall–Kier alpha value is -2.40. The molecule has 1 aliphatic heterocycles. The van der Waals surface area contributed by atoms with Crippen LogP contribution in [0.15, 0.2) is 42.6 Å². The lowest BCUT2D eigenvalue weighted by atomic mass is 10.1. The zero-order chi connectivity index (χ0) is 15.6. The topological polar surface area (TPSA) is 56.8 Å². The molecule has 0 amide bonds. The van der Waals surface area contributed by atoms with Gasteiger partial charge in [0.1, 0.15) is 0 Å². The number of para-hydroxylation sites is 1. The highest BCUT2D eigenvalue weighted by Gasteiger charge is 2.17. The zero-order valence-corrected chi connectivity index (χ0v) is 13.3. The molecule has 1 aliphatic rings. The molecular weight excluding hydrogens is 286 g/mol. The summed E-state index contributed by atoms with van der Waals surface area (Å²) in [5.74, 6) is 0.718. The molecule has 1 aromatic carbocycles. The highest BCUT2D eigenvalue weighted by atomic mass is 15.2. The summed E-state index contributed by atoms with van der Waals surface area (Å²) in [5.41, 5.74) is 3.08. The van der Waals surface area contributed by atoms with Crippen LogP contribution in [0.3, 0.4) is 0 Å². The van der Waals surface area contributed by atoms with Crippen molar-refractivity contribution in [1.82, 2.24) is 19.9 Å². The van der Waals surface area contributed by atoms with Crippen molar-refractivity contribution in [2.75, 3.05) is 25.5 Å². The lowest BCUT2D eigenvalue weighted by molar-refractivity contribution is 0.263. The second-order valence-corrected chi connectivity index (χ2v) is 6.26. The smallest absolute Gasteiger partial charge is 0.223 e. The van der Waals surface area contributed by atoms with E-state index < -0.39 is 0 Å². The molecule has 2 aromatic heterocycles. The van der Waals surface area contributed by atoms with Crippen molar-refractivity contribution >= 4 is 16.9 Å². The molecule has 0 saturated carbocycles. The van der Waals surface area contributed by atoms with Gasteiger partial charge in [-0.3, -0.25) is 0 Å². The number of benzene rings is 1. The summed E-state index contributed by atoms with van der Waals surface area (Å²) in [5, 5.41) is 4.68. The summed E-state index contributed by atoms with van der Waals surface area (Å²) >= 11 is 0. The van der Waals surface area contributed by atoms with Crippen molar-refractivity contribution in [2.45, 2.75) is 18.9 Å². The number of hydrogen-bond donors (Lipinski definition) is 2. The van der Waals surface area contributed by atoms with Gasteiger partial charge in [0.25, 0.3) is 0 Å². The number of nitrogens with one attached hydrogen (secondary N) is 2. The summed E-state index contributed by atoms with van der Waals surface area (Å²) in [6, 6.07) is 12.8. The predicted octanol–water partition coefficient (Wildman–Crippen LogP) is 3.13. The van der Waals surface area contributed by atoms with E-state index in [-0.39, 0.29) is 0 Å². The molecule has 0 unspecified atom stereocenters. The number of piperidine rings is 1. The van der Waals surface area contributed by atoms with Gasteiger partial charge in [0.15, 0.2) is 0 Å². The van der Waals surface area contributed by atoms with Gasteiger partial charge in [0, 0.05) is 23.1 Å². The summed E-state index contributed by atoms with van der Waals surface area (Å²) in [6.07, 6.45) is 4.10. The van der Waals surface area contributed by atoms with E-state index >= 15 is 0 Å². The maximum atomic E-state index is 4.68. The Morgan fingerprint density at radius 1 is 1.17 bits per heavy atom. The normalized spacial score (nSPS) is 16.7. The first kappa shape index (κ1) is 14.2. The molecule has 5 heteroatoms. The van der Waals surface area contributed by atoms with Gasteiger partial charge in [-0.05, 0) is 51.2 Å². The number of rotatable bonds is 3. The summed E-state index contributed by atoms with van der Waals surface area (Å²) < 4.78 is 0. The van der Waals surface area contributed by atoms with E-state index in [0.29, 0.717) is 6.04 Å². The van der Waals surface area contributed by atoms with Gasteiger partial charge < -0.3 is 15.2 Å². The Balaban J connectivity index is 1.56. The molecule has 3 aromatic rings. The first-order valence-corrected chi connectivity index (χ1v) is 8.14. The number of aromatic amines is 1. The SMILES string of the molecule is CN1CCC(Nc2nccc(-c3cc4ccccc4[nH]3)n2)CC1. The Morgan fingerprint density at radius 3 is 2.83 bits per heavy atom. The van der Waals surface area contributed by atoms with Crippen LogP contribution in [0.1, 0.15) is 12.8 Å².